The van der Waals surface area contributed by atoms with Crippen molar-refractivity contribution in [3.8, 4) is 0 Å². The molecule has 9 heteroatoms. The molecule has 1 amide bonds. The third-order valence-electron chi connectivity index (χ3n) is 4.28. The second-order valence-corrected chi connectivity index (χ2v) is 7.57. The maximum Gasteiger partial charge on any atom is 0.351 e. The van der Waals surface area contributed by atoms with Crippen LogP contribution in [0.15, 0.2) is 16.4 Å². The maximum absolute atomic E-state index is 11.6. The molecule has 0 saturated heterocycles. The van der Waals surface area contributed by atoms with Gasteiger partial charge in [-0.15, -0.1) is 0 Å². The van der Waals surface area contributed by atoms with Crippen LogP contribution >= 0.6 is 7.60 Å². The van der Waals surface area contributed by atoms with Crippen LogP contribution in [-0.2, 0) is 9.36 Å². The number of hydrogen-bond donors (Lipinski definition) is 5. The first-order valence-electron chi connectivity index (χ1n) is 7.72. The maximum atomic E-state index is 11.6. The predicted molar refractivity (Wildman–Crippen MR) is 89.5 cm³/mol. The van der Waals surface area contributed by atoms with Crippen LogP contribution in [0.5, 0.6) is 0 Å². The highest BCUT2D eigenvalue weighted by Gasteiger charge is 2.41. The van der Waals surface area contributed by atoms with Crippen molar-refractivity contribution in [1.29, 1.82) is 0 Å². The normalized spacial score (nSPS) is 22.6. The van der Waals surface area contributed by atoms with Crippen molar-refractivity contribution >= 4 is 19.5 Å². The van der Waals surface area contributed by atoms with E-state index in [0.29, 0.717) is 0 Å². The van der Waals surface area contributed by atoms with Gasteiger partial charge in [-0.25, -0.2) is 4.99 Å². The number of carbonyl (C=O) groups excluding carboxylic acids is 1. The van der Waals surface area contributed by atoms with E-state index in [0.717, 1.165) is 12.8 Å². The van der Waals surface area contributed by atoms with E-state index in [1.54, 1.807) is 0 Å². The van der Waals surface area contributed by atoms with Crippen molar-refractivity contribution < 1.29 is 19.1 Å². The second-order valence-electron chi connectivity index (χ2n) is 5.91. The van der Waals surface area contributed by atoms with Crippen LogP contribution < -0.4 is 16.8 Å². The first kappa shape index (κ1) is 19.7. The fourth-order valence-corrected chi connectivity index (χ4v) is 3.98. The van der Waals surface area contributed by atoms with E-state index in [2.05, 4.69) is 10.3 Å². The molecule has 3 atom stereocenters. The van der Waals surface area contributed by atoms with Gasteiger partial charge in [0.15, 0.2) is 5.96 Å². The van der Waals surface area contributed by atoms with Crippen LogP contribution in [0, 0.1) is 11.8 Å². The van der Waals surface area contributed by atoms with Crippen molar-refractivity contribution in [2.45, 2.75) is 52.1 Å². The van der Waals surface area contributed by atoms with E-state index < -0.39 is 13.6 Å². The zero-order chi connectivity index (χ0) is 17.8. The first-order valence-corrected chi connectivity index (χ1v) is 9.34. The number of carbonyl (C=O) groups is 1. The highest BCUT2D eigenvalue weighted by Crippen LogP contribution is 2.52. The smallest absolute Gasteiger partial charge is 0.351 e. The summed E-state index contributed by atoms with van der Waals surface area (Å²) in [5, 5.41) is 2.94. The predicted octanol–water partition coefficient (Wildman–Crippen LogP) is 0.651. The largest absolute Gasteiger partial charge is 0.370 e. The lowest BCUT2D eigenvalue weighted by molar-refractivity contribution is -0.120. The van der Waals surface area contributed by atoms with Crippen LogP contribution in [0.2, 0.25) is 0 Å². The Morgan fingerprint density at radius 1 is 1.43 bits per heavy atom. The van der Waals surface area contributed by atoms with E-state index >= 15 is 0 Å². The minimum absolute atomic E-state index is 0.0267. The van der Waals surface area contributed by atoms with Gasteiger partial charge in [-0.3, -0.25) is 9.36 Å². The van der Waals surface area contributed by atoms with Gasteiger partial charge in [0.2, 0.25) is 5.91 Å². The molecular weight excluding hydrogens is 319 g/mol. The highest BCUT2D eigenvalue weighted by molar-refractivity contribution is 7.56. The summed E-state index contributed by atoms with van der Waals surface area (Å²) in [6.45, 7) is 5.45. The van der Waals surface area contributed by atoms with E-state index in [-0.39, 0.29) is 41.5 Å². The zero-order valence-electron chi connectivity index (χ0n) is 13.8. The van der Waals surface area contributed by atoms with Crippen molar-refractivity contribution in [2.24, 2.45) is 28.3 Å². The van der Waals surface area contributed by atoms with E-state index in [1.165, 1.54) is 13.0 Å². The Morgan fingerprint density at radius 3 is 2.39 bits per heavy atom. The van der Waals surface area contributed by atoms with Gasteiger partial charge in [0.1, 0.15) is 0 Å². The lowest BCUT2D eigenvalue weighted by atomic mass is 9.82. The fraction of sp³-hybridized carbons (Fsp3) is 0.714. The Labute approximate surface area is 136 Å². The molecule has 0 spiro atoms. The van der Waals surface area contributed by atoms with Gasteiger partial charge in [-0.2, -0.15) is 0 Å². The minimum atomic E-state index is -4.36. The van der Waals surface area contributed by atoms with Gasteiger partial charge in [0, 0.05) is 30.6 Å². The fourth-order valence-electron chi connectivity index (χ4n) is 3.19. The summed E-state index contributed by atoms with van der Waals surface area (Å²) in [6, 6.07) is -0.764. The van der Waals surface area contributed by atoms with Gasteiger partial charge >= 0.3 is 7.60 Å². The Kier molecular flexibility index (Phi) is 6.80. The second kappa shape index (κ2) is 7.95. The van der Waals surface area contributed by atoms with Crippen molar-refractivity contribution in [1.82, 2.24) is 5.32 Å². The molecule has 0 bridgehead atoms. The van der Waals surface area contributed by atoms with Crippen molar-refractivity contribution in [2.75, 3.05) is 0 Å². The van der Waals surface area contributed by atoms with Gasteiger partial charge in [-0.05, 0) is 5.92 Å². The molecule has 0 unspecified atom stereocenters. The van der Waals surface area contributed by atoms with Crippen LogP contribution in [0.3, 0.4) is 0 Å². The average molecular weight is 346 g/mol. The van der Waals surface area contributed by atoms with Crippen molar-refractivity contribution in [3.63, 3.8) is 0 Å². The minimum Gasteiger partial charge on any atom is -0.370 e. The molecule has 8 nitrogen and oxygen atoms in total. The Bertz CT molecular complexity index is 535. The molecule has 1 aliphatic rings. The number of nitrogens with two attached hydrogens (primary N) is 2. The SMILES string of the molecule is CCC(CC)[C@H](NC(C)=O)[C@H]1C=C(P(=O)(O)O)C[C@H]1N=C(N)N. The standard InChI is InChI=1S/C14H27N4O4P/c1-4-9(5-2)13(17-8(3)19)11-6-10(23(20,21)22)7-12(11)18-14(15)16/h6,9,11-13H,4-5,7H2,1-3H3,(H,17,19)(H4,15,16,18)(H2,20,21,22)/t11-,12+,13-/m0/s1. The molecule has 0 heterocycles. The summed E-state index contributed by atoms with van der Waals surface area (Å²) < 4.78 is 11.6. The molecule has 1 aliphatic carbocycles. The quantitative estimate of drug-likeness (QED) is 0.259. The Morgan fingerprint density at radius 2 is 2.00 bits per heavy atom. The van der Waals surface area contributed by atoms with E-state index in [1.807, 2.05) is 13.8 Å². The van der Waals surface area contributed by atoms with Crippen molar-refractivity contribution in [3.05, 3.63) is 11.4 Å². The number of nitrogens with one attached hydrogen (secondary N) is 1. The molecular formula is C14H27N4O4P. The topological polar surface area (TPSA) is 151 Å². The Hall–Kier alpha value is -1.37. The van der Waals surface area contributed by atoms with Gasteiger partial charge in [-0.1, -0.05) is 32.8 Å². The third-order valence-corrected chi connectivity index (χ3v) is 5.36. The van der Waals surface area contributed by atoms with E-state index in [9.17, 15) is 19.1 Å². The summed E-state index contributed by atoms with van der Waals surface area (Å²) in [5.41, 5.74) is 10.9. The molecule has 23 heavy (non-hydrogen) atoms. The number of amides is 1. The number of rotatable bonds is 7. The lowest BCUT2D eigenvalue weighted by Crippen LogP contribution is -2.46. The average Bonchev–Trinajstić information content (AvgIpc) is 2.81. The molecule has 0 saturated carbocycles. The molecule has 0 aromatic carbocycles. The third kappa shape index (κ3) is 5.34. The summed E-state index contributed by atoms with van der Waals surface area (Å²) in [5.74, 6) is -0.517. The number of hydrogen-bond acceptors (Lipinski definition) is 3. The zero-order valence-corrected chi connectivity index (χ0v) is 14.7. The highest BCUT2D eigenvalue weighted by atomic mass is 31.2. The van der Waals surface area contributed by atoms with E-state index in [4.69, 9.17) is 11.5 Å². The van der Waals surface area contributed by atoms with Gasteiger partial charge in [0.25, 0.3) is 0 Å². The number of guanidine groups is 1. The summed E-state index contributed by atoms with van der Waals surface area (Å²) in [6.07, 6.45) is 3.27. The van der Waals surface area contributed by atoms with Gasteiger partial charge in [0.05, 0.1) is 6.04 Å². The monoisotopic (exact) mass is 346 g/mol. The Balaban J connectivity index is 3.25. The first-order chi connectivity index (χ1) is 10.6. The molecule has 132 valence electrons. The van der Waals surface area contributed by atoms with Crippen LogP contribution in [0.1, 0.15) is 40.0 Å². The molecule has 0 fully saturated rings. The molecule has 0 aromatic heterocycles. The number of aliphatic imine (C=N–C) groups is 1. The summed E-state index contributed by atoms with van der Waals surface area (Å²) in [7, 11) is -4.36. The van der Waals surface area contributed by atoms with Gasteiger partial charge < -0.3 is 26.6 Å². The van der Waals surface area contributed by atoms with Crippen LogP contribution in [0.4, 0.5) is 0 Å². The molecule has 1 rings (SSSR count). The molecule has 7 N–H and O–H groups in total. The molecule has 0 radical (unpaired) electrons. The molecule has 0 aromatic rings. The van der Waals surface area contributed by atoms with Crippen LogP contribution in [0.25, 0.3) is 0 Å². The summed E-state index contributed by atoms with van der Waals surface area (Å²) in [4.78, 5) is 34.6. The number of nitrogens with zero attached hydrogens (tertiary/aromatic N) is 1. The van der Waals surface area contributed by atoms with Crippen LogP contribution in [-0.4, -0.2) is 33.7 Å². The summed E-state index contributed by atoms with van der Waals surface area (Å²) >= 11 is 0. The lowest BCUT2D eigenvalue weighted by Gasteiger charge is -2.32. The molecule has 0 aliphatic heterocycles.